The smallest absolute Gasteiger partial charge is 0.174 e. The molecule has 0 aromatic carbocycles. The van der Waals surface area contributed by atoms with E-state index in [1.54, 1.807) is 5.51 Å². The van der Waals surface area contributed by atoms with Gasteiger partial charge in [0.25, 0.3) is 0 Å². The van der Waals surface area contributed by atoms with Gasteiger partial charge in [-0.3, -0.25) is 4.79 Å². The van der Waals surface area contributed by atoms with Crippen LogP contribution < -0.4 is 0 Å². The standard InChI is InChI=1S/C8H12N2OS2/c1-8(2,3)6(11)4-12-7-10-9-5-13-7/h5H,4H2,1-3H3. The van der Waals surface area contributed by atoms with E-state index in [4.69, 9.17) is 0 Å². The van der Waals surface area contributed by atoms with Crippen LogP contribution in [0.5, 0.6) is 0 Å². The molecular formula is C8H12N2OS2. The molecule has 0 atom stereocenters. The van der Waals surface area contributed by atoms with Crippen LogP contribution in [0.3, 0.4) is 0 Å². The molecule has 1 aromatic rings. The number of aromatic nitrogens is 2. The lowest BCUT2D eigenvalue weighted by atomic mass is 9.92. The number of thioether (sulfide) groups is 1. The summed E-state index contributed by atoms with van der Waals surface area (Å²) in [5.41, 5.74) is 1.42. The molecule has 0 aliphatic carbocycles. The van der Waals surface area contributed by atoms with Crippen molar-refractivity contribution < 1.29 is 4.79 Å². The SMILES string of the molecule is CC(C)(C)C(=O)CSc1nncs1. The van der Waals surface area contributed by atoms with Crippen LogP contribution in [-0.4, -0.2) is 21.7 Å². The van der Waals surface area contributed by atoms with E-state index in [1.165, 1.54) is 23.1 Å². The third kappa shape index (κ3) is 3.44. The van der Waals surface area contributed by atoms with E-state index < -0.39 is 0 Å². The van der Waals surface area contributed by atoms with Gasteiger partial charge >= 0.3 is 0 Å². The van der Waals surface area contributed by atoms with Crippen molar-refractivity contribution >= 4 is 28.9 Å². The maximum absolute atomic E-state index is 11.5. The zero-order chi connectivity index (χ0) is 9.90. The second-order valence-corrected chi connectivity index (χ2v) is 5.72. The quantitative estimate of drug-likeness (QED) is 0.727. The van der Waals surface area contributed by atoms with E-state index in [-0.39, 0.29) is 11.2 Å². The highest BCUT2D eigenvalue weighted by Gasteiger charge is 2.21. The highest BCUT2D eigenvalue weighted by Crippen LogP contribution is 2.23. The molecule has 1 heterocycles. The number of hydrogen-bond donors (Lipinski definition) is 0. The highest BCUT2D eigenvalue weighted by molar-refractivity contribution is 8.01. The van der Waals surface area contributed by atoms with Crippen LogP contribution in [0.2, 0.25) is 0 Å². The molecule has 13 heavy (non-hydrogen) atoms. The van der Waals surface area contributed by atoms with Gasteiger partial charge < -0.3 is 0 Å². The Balaban J connectivity index is 2.40. The van der Waals surface area contributed by atoms with Gasteiger partial charge in [0.2, 0.25) is 0 Å². The Kier molecular flexibility index (Phi) is 3.44. The summed E-state index contributed by atoms with van der Waals surface area (Å²) in [5, 5.41) is 7.55. The monoisotopic (exact) mass is 216 g/mol. The zero-order valence-corrected chi connectivity index (χ0v) is 9.54. The summed E-state index contributed by atoms with van der Waals surface area (Å²) in [6.45, 7) is 5.78. The normalized spacial score (nSPS) is 11.6. The van der Waals surface area contributed by atoms with Gasteiger partial charge in [0.05, 0.1) is 5.75 Å². The first kappa shape index (κ1) is 10.7. The first-order chi connectivity index (χ1) is 6.00. The van der Waals surface area contributed by atoms with E-state index in [0.717, 1.165) is 4.34 Å². The minimum absolute atomic E-state index is 0.243. The topological polar surface area (TPSA) is 42.9 Å². The molecular weight excluding hydrogens is 204 g/mol. The van der Waals surface area contributed by atoms with Crippen molar-refractivity contribution in [1.29, 1.82) is 0 Å². The summed E-state index contributed by atoms with van der Waals surface area (Å²) in [4.78, 5) is 11.5. The summed E-state index contributed by atoms with van der Waals surface area (Å²) < 4.78 is 0.859. The summed E-state index contributed by atoms with van der Waals surface area (Å²) in [6.07, 6.45) is 0. The fraction of sp³-hybridized carbons (Fsp3) is 0.625. The van der Waals surface area contributed by atoms with Gasteiger partial charge in [-0.15, -0.1) is 10.2 Å². The molecule has 1 rings (SSSR count). The van der Waals surface area contributed by atoms with Crippen LogP contribution in [0.4, 0.5) is 0 Å². The number of carbonyl (C=O) groups excluding carboxylic acids is 1. The first-order valence-corrected chi connectivity index (χ1v) is 5.79. The number of nitrogens with zero attached hydrogens (tertiary/aromatic N) is 2. The van der Waals surface area contributed by atoms with Gasteiger partial charge in [-0.1, -0.05) is 43.9 Å². The van der Waals surface area contributed by atoms with Crippen LogP contribution in [0, 0.1) is 5.41 Å². The average molecular weight is 216 g/mol. The molecule has 72 valence electrons. The minimum Gasteiger partial charge on any atom is -0.298 e. The van der Waals surface area contributed by atoms with Crippen molar-refractivity contribution in [2.24, 2.45) is 5.41 Å². The molecule has 0 radical (unpaired) electrons. The fourth-order valence-corrected chi connectivity index (χ4v) is 2.22. The number of rotatable bonds is 3. The largest absolute Gasteiger partial charge is 0.298 e. The molecule has 0 aliphatic heterocycles. The van der Waals surface area contributed by atoms with Gasteiger partial charge in [0.1, 0.15) is 11.3 Å². The van der Waals surface area contributed by atoms with Crippen molar-refractivity contribution in [2.75, 3.05) is 5.75 Å². The molecule has 5 heteroatoms. The highest BCUT2D eigenvalue weighted by atomic mass is 32.2. The fourth-order valence-electron chi connectivity index (χ4n) is 0.570. The van der Waals surface area contributed by atoms with Crippen molar-refractivity contribution in [3.8, 4) is 0 Å². The summed E-state index contributed by atoms with van der Waals surface area (Å²) in [6, 6.07) is 0. The minimum atomic E-state index is -0.252. The lowest BCUT2D eigenvalue weighted by Crippen LogP contribution is -2.21. The van der Waals surface area contributed by atoms with Crippen molar-refractivity contribution in [3.05, 3.63) is 5.51 Å². The van der Waals surface area contributed by atoms with E-state index >= 15 is 0 Å². The third-order valence-electron chi connectivity index (χ3n) is 1.50. The molecule has 0 unspecified atom stereocenters. The van der Waals surface area contributed by atoms with Gasteiger partial charge in [0.15, 0.2) is 4.34 Å². The first-order valence-electron chi connectivity index (χ1n) is 3.92. The van der Waals surface area contributed by atoms with Crippen molar-refractivity contribution in [3.63, 3.8) is 0 Å². The van der Waals surface area contributed by atoms with Crippen molar-refractivity contribution in [1.82, 2.24) is 10.2 Å². The van der Waals surface area contributed by atoms with E-state index in [9.17, 15) is 4.79 Å². The second kappa shape index (κ2) is 4.19. The second-order valence-electron chi connectivity index (χ2n) is 3.67. The van der Waals surface area contributed by atoms with Gasteiger partial charge in [-0.2, -0.15) is 0 Å². The molecule has 0 fully saturated rings. The number of carbonyl (C=O) groups is 1. The molecule has 0 spiro atoms. The maximum Gasteiger partial charge on any atom is 0.174 e. The van der Waals surface area contributed by atoms with Gasteiger partial charge in [0, 0.05) is 5.41 Å². The molecule has 3 nitrogen and oxygen atoms in total. The lowest BCUT2D eigenvalue weighted by molar-refractivity contribution is -0.123. The van der Waals surface area contributed by atoms with E-state index in [1.807, 2.05) is 20.8 Å². The molecule has 1 aromatic heterocycles. The third-order valence-corrected chi connectivity index (χ3v) is 3.36. The van der Waals surface area contributed by atoms with Crippen LogP contribution >= 0.6 is 23.1 Å². The Labute approximate surface area is 86.0 Å². The number of hydrogen-bond acceptors (Lipinski definition) is 5. The summed E-state index contributed by atoms with van der Waals surface area (Å²) in [7, 11) is 0. The Hall–Kier alpha value is -0.420. The Morgan fingerprint density at radius 1 is 1.62 bits per heavy atom. The maximum atomic E-state index is 11.5. The number of ketones is 1. The average Bonchev–Trinajstić information content (AvgIpc) is 2.50. The van der Waals surface area contributed by atoms with Gasteiger partial charge in [-0.05, 0) is 0 Å². The Morgan fingerprint density at radius 3 is 2.77 bits per heavy atom. The molecule has 0 N–H and O–H groups in total. The molecule has 0 amide bonds. The lowest BCUT2D eigenvalue weighted by Gasteiger charge is -2.15. The predicted octanol–water partition coefficient (Wildman–Crippen LogP) is 2.25. The molecule has 0 saturated heterocycles. The number of Topliss-reactive ketones (excluding diaryl/α,β-unsaturated/α-hetero) is 1. The van der Waals surface area contributed by atoms with Crippen LogP contribution in [0.1, 0.15) is 20.8 Å². The van der Waals surface area contributed by atoms with Gasteiger partial charge in [-0.25, -0.2) is 0 Å². The zero-order valence-electron chi connectivity index (χ0n) is 7.90. The molecule has 0 saturated carbocycles. The van der Waals surface area contributed by atoms with Crippen LogP contribution in [0.25, 0.3) is 0 Å². The Morgan fingerprint density at radius 2 is 2.31 bits per heavy atom. The predicted molar refractivity (Wildman–Crippen MR) is 55.1 cm³/mol. The van der Waals surface area contributed by atoms with Crippen molar-refractivity contribution in [2.45, 2.75) is 25.1 Å². The van der Waals surface area contributed by atoms with E-state index in [2.05, 4.69) is 10.2 Å². The molecule has 0 bridgehead atoms. The van der Waals surface area contributed by atoms with Crippen LogP contribution in [-0.2, 0) is 4.79 Å². The summed E-state index contributed by atoms with van der Waals surface area (Å²) in [5.74, 6) is 0.728. The Bertz CT molecular complexity index is 277. The van der Waals surface area contributed by atoms with E-state index in [0.29, 0.717) is 5.75 Å². The summed E-state index contributed by atoms with van der Waals surface area (Å²) >= 11 is 2.92. The molecule has 0 aliphatic rings. The van der Waals surface area contributed by atoms with Crippen LogP contribution in [0.15, 0.2) is 9.85 Å².